The summed E-state index contributed by atoms with van der Waals surface area (Å²) in [5, 5.41) is 17.1. The lowest BCUT2D eigenvalue weighted by molar-refractivity contribution is -0.0159. The van der Waals surface area contributed by atoms with Gasteiger partial charge in [0.15, 0.2) is 0 Å². The van der Waals surface area contributed by atoms with Crippen LogP contribution in [0.3, 0.4) is 0 Å². The summed E-state index contributed by atoms with van der Waals surface area (Å²) in [6, 6.07) is 0.356. The van der Waals surface area contributed by atoms with Crippen LogP contribution in [0.2, 0.25) is 0 Å². The number of hydrogen-bond donors (Lipinski definition) is 2. The summed E-state index contributed by atoms with van der Waals surface area (Å²) in [7, 11) is 0. The van der Waals surface area contributed by atoms with Gasteiger partial charge in [0.05, 0.1) is 5.71 Å². The lowest BCUT2D eigenvalue weighted by atomic mass is 9.47. The molecule has 1 aliphatic heterocycles. The van der Waals surface area contributed by atoms with Gasteiger partial charge in [-0.25, -0.2) is 0 Å². The van der Waals surface area contributed by atoms with Crippen molar-refractivity contribution < 1.29 is 5.21 Å². The van der Waals surface area contributed by atoms with E-state index in [9.17, 15) is 5.21 Å². The van der Waals surface area contributed by atoms with Crippen molar-refractivity contribution >= 4 is 5.71 Å². The molecule has 4 aliphatic carbocycles. The van der Waals surface area contributed by atoms with E-state index in [2.05, 4.69) is 10.5 Å². The second kappa shape index (κ2) is 4.47. The van der Waals surface area contributed by atoms with Crippen molar-refractivity contribution in [3.63, 3.8) is 0 Å². The van der Waals surface area contributed by atoms with Crippen LogP contribution < -0.4 is 5.32 Å². The molecule has 106 valence electrons. The van der Waals surface area contributed by atoms with Gasteiger partial charge in [-0.05, 0) is 75.7 Å². The number of rotatable bonds is 2. The molecule has 5 fully saturated rings. The number of hydrogen-bond acceptors (Lipinski definition) is 3. The first kappa shape index (κ1) is 12.2. The van der Waals surface area contributed by atoms with Crippen molar-refractivity contribution in [3.05, 3.63) is 0 Å². The van der Waals surface area contributed by atoms with E-state index in [1.165, 1.54) is 57.8 Å². The number of oxime groups is 1. The topological polar surface area (TPSA) is 44.6 Å². The lowest BCUT2D eigenvalue weighted by Crippen LogP contribution is -2.56. The molecule has 1 unspecified atom stereocenters. The van der Waals surface area contributed by atoms with E-state index in [1.54, 1.807) is 0 Å². The van der Waals surface area contributed by atoms with Crippen molar-refractivity contribution in [2.24, 2.45) is 28.3 Å². The van der Waals surface area contributed by atoms with Gasteiger partial charge in [0, 0.05) is 11.5 Å². The van der Waals surface area contributed by atoms with Crippen LogP contribution in [0.5, 0.6) is 0 Å². The summed E-state index contributed by atoms with van der Waals surface area (Å²) in [4.78, 5) is 0. The largest absolute Gasteiger partial charge is 0.411 e. The Morgan fingerprint density at radius 1 is 1.00 bits per heavy atom. The van der Waals surface area contributed by atoms with Crippen LogP contribution in [0.15, 0.2) is 5.16 Å². The second-order valence-corrected chi connectivity index (χ2v) is 7.69. The molecule has 0 aromatic carbocycles. The van der Waals surface area contributed by atoms with Gasteiger partial charge >= 0.3 is 0 Å². The third-order valence-electron chi connectivity index (χ3n) is 6.33. The van der Waals surface area contributed by atoms with E-state index in [1.807, 2.05) is 0 Å². The Balaban J connectivity index is 1.62. The zero-order chi connectivity index (χ0) is 12.9. The SMILES string of the molecule is O/N=C(\C1CCCCN1)C12CC3CC(CC(C3)C1)C2. The van der Waals surface area contributed by atoms with Crippen LogP contribution in [0.4, 0.5) is 0 Å². The summed E-state index contributed by atoms with van der Waals surface area (Å²) in [5.74, 6) is 2.77. The van der Waals surface area contributed by atoms with E-state index >= 15 is 0 Å². The van der Waals surface area contributed by atoms with Gasteiger partial charge in [0.25, 0.3) is 0 Å². The Kier molecular flexibility index (Phi) is 2.87. The molecule has 0 spiro atoms. The highest BCUT2D eigenvalue weighted by Gasteiger charge is 2.54. The smallest absolute Gasteiger partial charge is 0.0801 e. The van der Waals surface area contributed by atoms with Gasteiger partial charge in [-0.15, -0.1) is 0 Å². The highest BCUT2D eigenvalue weighted by molar-refractivity contribution is 5.95. The Hall–Kier alpha value is -0.570. The third kappa shape index (κ3) is 1.93. The minimum Gasteiger partial charge on any atom is -0.411 e. The molecule has 1 atom stereocenters. The van der Waals surface area contributed by atoms with E-state index in [-0.39, 0.29) is 5.41 Å². The predicted octanol–water partition coefficient (Wildman–Crippen LogP) is 3.18. The predicted molar refractivity (Wildman–Crippen MR) is 75.5 cm³/mol. The average Bonchev–Trinajstić information content (AvgIpc) is 2.38. The lowest BCUT2D eigenvalue weighted by Gasteiger charge is -2.57. The van der Waals surface area contributed by atoms with Gasteiger partial charge in [0.1, 0.15) is 0 Å². The van der Waals surface area contributed by atoms with E-state index < -0.39 is 0 Å². The first-order valence-corrected chi connectivity index (χ1v) is 8.25. The normalized spacial score (nSPS) is 49.6. The molecular weight excluding hydrogens is 236 g/mol. The van der Waals surface area contributed by atoms with Gasteiger partial charge in [-0.2, -0.15) is 0 Å². The van der Waals surface area contributed by atoms with Crippen LogP contribution in [0, 0.1) is 23.2 Å². The fourth-order valence-corrected chi connectivity index (χ4v) is 6.05. The van der Waals surface area contributed by atoms with Gasteiger partial charge in [-0.1, -0.05) is 11.6 Å². The molecule has 0 aromatic rings. The maximum absolute atomic E-state index is 9.69. The summed E-state index contributed by atoms with van der Waals surface area (Å²) in [6.07, 6.45) is 12.0. The number of nitrogens with zero attached hydrogens (tertiary/aromatic N) is 1. The van der Waals surface area contributed by atoms with E-state index in [0.717, 1.165) is 30.0 Å². The Labute approximate surface area is 115 Å². The molecule has 1 heterocycles. The molecule has 19 heavy (non-hydrogen) atoms. The highest BCUT2D eigenvalue weighted by Crippen LogP contribution is 2.61. The molecule has 5 rings (SSSR count). The molecule has 3 heteroatoms. The van der Waals surface area contributed by atoms with Crippen LogP contribution in [0.1, 0.15) is 57.8 Å². The van der Waals surface area contributed by atoms with Crippen molar-refractivity contribution in [2.75, 3.05) is 6.54 Å². The molecule has 1 saturated heterocycles. The minimum atomic E-state index is 0.262. The molecular formula is C16H26N2O. The summed E-state index contributed by atoms with van der Waals surface area (Å²) < 4.78 is 0. The van der Waals surface area contributed by atoms with Crippen LogP contribution in [-0.4, -0.2) is 23.5 Å². The van der Waals surface area contributed by atoms with E-state index in [0.29, 0.717) is 6.04 Å². The molecule has 3 nitrogen and oxygen atoms in total. The average molecular weight is 262 g/mol. The highest BCUT2D eigenvalue weighted by atomic mass is 16.4. The van der Waals surface area contributed by atoms with Crippen LogP contribution in [-0.2, 0) is 0 Å². The Morgan fingerprint density at radius 2 is 1.63 bits per heavy atom. The van der Waals surface area contributed by atoms with Crippen LogP contribution in [0.25, 0.3) is 0 Å². The summed E-state index contributed by atoms with van der Waals surface area (Å²) in [6.45, 7) is 1.09. The van der Waals surface area contributed by atoms with Crippen molar-refractivity contribution in [2.45, 2.75) is 63.8 Å². The second-order valence-electron chi connectivity index (χ2n) is 7.69. The van der Waals surface area contributed by atoms with Crippen molar-refractivity contribution in [3.8, 4) is 0 Å². The maximum atomic E-state index is 9.69. The number of nitrogens with one attached hydrogen (secondary N) is 1. The summed E-state index contributed by atoms with van der Waals surface area (Å²) in [5.41, 5.74) is 1.39. The summed E-state index contributed by atoms with van der Waals surface area (Å²) >= 11 is 0. The first-order valence-electron chi connectivity index (χ1n) is 8.25. The van der Waals surface area contributed by atoms with Gasteiger partial charge < -0.3 is 10.5 Å². The minimum absolute atomic E-state index is 0.262. The Morgan fingerprint density at radius 3 is 2.11 bits per heavy atom. The fourth-order valence-electron chi connectivity index (χ4n) is 6.05. The monoisotopic (exact) mass is 262 g/mol. The van der Waals surface area contributed by atoms with E-state index in [4.69, 9.17) is 0 Å². The van der Waals surface area contributed by atoms with Crippen molar-refractivity contribution in [1.29, 1.82) is 0 Å². The fraction of sp³-hybridized carbons (Fsp3) is 0.938. The van der Waals surface area contributed by atoms with Gasteiger partial charge in [0.2, 0.25) is 0 Å². The molecule has 0 amide bonds. The standard InChI is InChI=1S/C16H26N2O/c19-18-15(14-3-1-2-4-17-14)16-8-11-5-12(9-16)7-13(6-11)10-16/h11-14,17,19H,1-10H2/b18-15+. The maximum Gasteiger partial charge on any atom is 0.0801 e. The Bertz CT molecular complexity index is 349. The quantitative estimate of drug-likeness (QED) is 0.456. The van der Waals surface area contributed by atoms with Crippen LogP contribution >= 0.6 is 0 Å². The third-order valence-corrected chi connectivity index (χ3v) is 6.33. The first-order chi connectivity index (χ1) is 9.29. The number of piperidine rings is 1. The van der Waals surface area contributed by atoms with Crippen molar-refractivity contribution in [1.82, 2.24) is 5.32 Å². The zero-order valence-electron chi connectivity index (χ0n) is 11.8. The molecule has 5 aliphatic rings. The molecule has 2 N–H and O–H groups in total. The molecule has 4 bridgehead atoms. The molecule has 0 aromatic heterocycles. The van der Waals surface area contributed by atoms with Gasteiger partial charge in [-0.3, -0.25) is 0 Å². The zero-order valence-corrected chi connectivity index (χ0v) is 11.8. The molecule has 0 radical (unpaired) electrons. The molecule has 4 saturated carbocycles.